The summed E-state index contributed by atoms with van der Waals surface area (Å²) in [5.74, 6) is 1.09. The van der Waals surface area contributed by atoms with E-state index in [2.05, 4.69) is 20.3 Å². The summed E-state index contributed by atoms with van der Waals surface area (Å²) in [7, 11) is 0. The van der Waals surface area contributed by atoms with Gasteiger partial charge in [-0.1, -0.05) is 0 Å². The van der Waals surface area contributed by atoms with Crippen LogP contribution in [0.15, 0.2) is 0 Å². The Labute approximate surface area is 105 Å². The minimum atomic E-state index is -0.135. The first kappa shape index (κ1) is 12.8. The number of aliphatic hydroxyl groups is 1. The number of hydrogen-bond donors (Lipinski definition) is 3. The van der Waals surface area contributed by atoms with Crippen molar-refractivity contribution in [3.8, 4) is 0 Å². The molecule has 1 fully saturated rings. The third-order valence-electron chi connectivity index (χ3n) is 2.58. The number of nitrogens with one attached hydrogen (secondary N) is 1. The number of rotatable bonds is 4. The van der Waals surface area contributed by atoms with Gasteiger partial charge in [-0.15, -0.1) is 0 Å². The van der Waals surface area contributed by atoms with E-state index in [1.807, 2.05) is 11.8 Å². The molecule has 0 aromatic carbocycles. The maximum absolute atomic E-state index is 8.99. The number of anilines is 3. The smallest absolute Gasteiger partial charge is 0.232 e. The van der Waals surface area contributed by atoms with Gasteiger partial charge in [-0.05, 0) is 6.92 Å². The van der Waals surface area contributed by atoms with Gasteiger partial charge in [-0.2, -0.15) is 15.0 Å². The van der Waals surface area contributed by atoms with Crippen molar-refractivity contribution >= 4 is 17.8 Å². The molecule has 2 heterocycles. The Kier molecular flexibility index (Phi) is 4.11. The summed E-state index contributed by atoms with van der Waals surface area (Å²) >= 11 is 0. The SMILES string of the molecule is CC(CO)Nc1nc(N)nc(N2CCOCC2)n1. The van der Waals surface area contributed by atoms with Crippen molar-refractivity contribution in [2.45, 2.75) is 13.0 Å². The average molecular weight is 254 g/mol. The molecule has 4 N–H and O–H groups in total. The zero-order valence-corrected chi connectivity index (χ0v) is 10.3. The van der Waals surface area contributed by atoms with Crippen LogP contribution in [0.3, 0.4) is 0 Å². The van der Waals surface area contributed by atoms with Crippen LogP contribution in [-0.4, -0.2) is 59.0 Å². The van der Waals surface area contributed by atoms with Gasteiger partial charge in [0.25, 0.3) is 0 Å². The summed E-state index contributed by atoms with van der Waals surface area (Å²) in [6.07, 6.45) is 0. The van der Waals surface area contributed by atoms with Crippen LogP contribution in [0.5, 0.6) is 0 Å². The molecule has 18 heavy (non-hydrogen) atoms. The van der Waals surface area contributed by atoms with Crippen LogP contribution in [0.2, 0.25) is 0 Å². The zero-order chi connectivity index (χ0) is 13.0. The Morgan fingerprint density at radius 2 is 2.11 bits per heavy atom. The maximum atomic E-state index is 8.99. The normalized spacial score (nSPS) is 17.6. The number of aromatic nitrogens is 3. The van der Waals surface area contributed by atoms with E-state index in [0.29, 0.717) is 25.1 Å². The standard InChI is InChI=1S/C10H18N6O2/c1-7(6-17)12-9-13-8(11)14-10(15-9)16-2-4-18-5-3-16/h7,17H,2-6H2,1H3,(H3,11,12,13,14,15). The van der Waals surface area contributed by atoms with E-state index in [4.69, 9.17) is 15.6 Å². The van der Waals surface area contributed by atoms with E-state index in [1.54, 1.807) is 0 Å². The first-order valence-electron chi connectivity index (χ1n) is 5.90. The van der Waals surface area contributed by atoms with E-state index in [-0.39, 0.29) is 18.6 Å². The van der Waals surface area contributed by atoms with Crippen LogP contribution in [-0.2, 0) is 4.74 Å². The fraction of sp³-hybridized carbons (Fsp3) is 0.700. The zero-order valence-electron chi connectivity index (χ0n) is 10.3. The molecule has 1 aromatic rings. The Hall–Kier alpha value is -1.67. The molecule has 0 bridgehead atoms. The maximum Gasteiger partial charge on any atom is 0.232 e. The second kappa shape index (κ2) is 5.78. The highest BCUT2D eigenvalue weighted by atomic mass is 16.5. The number of ether oxygens (including phenoxy) is 1. The van der Waals surface area contributed by atoms with Gasteiger partial charge in [0.1, 0.15) is 0 Å². The number of morpholine rings is 1. The van der Waals surface area contributed by atoms with Crippen molar-refractivity contribution in [1.82, 2.24) is 15.0 Å². The van der Waals surface area contributed by atoms with Gasteiger partial charge in [-0.3, -0.25) is 0 Å². The van der Waals surface area contributed by atoms with Gasteiger partial charge in [0.05, 0.1) is 19.8 Å². The lowest BCUT2D eigenvalue weighted by Crippen LogP contribution is -2.37. The Morgan fingerprint density at radius 3 is 2.78 bits per heavy atom. The third kappa shape index (κ3) is 3.17. The quantitative estimate of drug-likeness (QED) is 0.633. The second-order valence-electron chi connectivity index (χ2n) is 4.14. The van der Waals surface area contributed by atoms with Gasteiger partial charge >= 0.3 is 0 Å². The van der Waals surface area contributed by atoms with Gasteiger partial charge in [0.15, 0.2) is 0 Å². The molecule has 100 valence electrons. The van der Waals surface area contributed by atoms with Crippen molar-refractivity contribution in [2.24, 2.45) is 0 Å². The van der Waals surface area contributed by atoms with Crippen LogP contribution < -0.4 is 16.0 Å². The van der Waals surface area contributed by atoms with E-state index >= 15 is 0 Å². The number of hydrogen-bond acceptors (Lipinski definition) is 8. The molecule has 1 atom stereocenters. The molecule has 8 heteroatoms. The van der Waals surface area contributed by atoms with Gasteiger partial charge in [0, 0.05) is 19.1 Å². The van der Waals surface area contributed by atoms with Crippen molar-refractivity contribution < 1.29 is 9.84 Å². The summed E-state index contributed by atoms with van der Waals surface area (Å²) in [6, 6.07) is -0.135. The van der Waals surface area contributed by atoms with Gasteiger partial charge in [-0.25, -0.2) is 0 Å². The molecule has 8 nitrogen and oxygen atoms in total. The third-order valence-corrected chi connectivity index (χ3v) is 2.58. The molecule has 0 radical (unpaired) electrons. The molecule has 1 aliphatic rings. The molecule has 0 spiro atoms. The molecule has 1 aliphatic heterocycles. The van der Waals surface area contributed by atoms with E-state index < -0.39 is 0 Å². The molecule has 1 aromatic heterocycles. The Morgan fingerprint density at radius 1 is 1.39 bits per heavy atom. The van der Waals surface area contributed by atoms with Crippen LogP contribution in [0, 0.1) is 0 Å². The number of nitrogens with two attached hydrogens (primary N) is 1. The molecule has 1 saturated heterocycles. The van der Waals surface area contributed by atoms with Crippen molar-refractivity contribution in [1.29, 1.82) is 0 Å². The lowest BCUT2D eigenvalue weighted by molar-refractivity contribution is 0.122. The summed E-state index contributed by atoms with van der Waals surface area (Å²) in [5, 5.41) is 12.0. The fourth-order valence-corrected chi connectivity index (χ4v) is 1.62. The lowest BCUT2D eigenvalue weighted by Gasteiger charge is -2.27. The van der Waals surface area contributed by atoms with Crippen molar-refractivity contribution in [3.05, 3.63) is 0 Å². The predicted octanol–water partition coefficient (Wildman–Crippen LogP) is -0.917. The van der Waals surface area contributed by atoms with Gasteiger partial charge in [0.2, 0.25) is 17.8 Å². The van der Waals surface area contributed by atoms with Crippen molar-refractivity contribution in [2.75, 3.05) is 48.9 Å². The summed E-state index contributed by atoms with van der Waals surface area (Å²) in [4.78, 5) is 14.4. The predicted molar refractivity (Wildman–Crippen MR) is 67.4 cm³/mol. The first-order valence-corrected chi connectivity index (χ1v) is 5.90. The van der Waals surface area contributed by atoms with Crippen LogP contribution in [0.25, 0.3) is 0 Å². The second-order valence-corrected chi connectivity index (χ2v) is 4.14. The topological polar surface area (TPSA) is 109 Å². The molecular weight excluding hydrogens is 236 g/mol. The average Bonchev–Trinajstić information content (AvgIpc) is 2.39. The van der Waals surface area contributed by atoms with E-state index in [0.717, 1.165) is 13.1 Å². The highest BCUT2D eigenvalue weighted by Gasteiger charge is 2.16. The number of nitrogen functional groups attached to an aromatic ring is 1. The van der Waals surface area contributed by atoms with Crippen LogP contribution in [0.4, 0.5) is 17.8 Å². The Bertz CT molecular complexity index is 396. The Balaban J connectivity index is 2.14. The molecule has 0 saturated carbocycles. The molecule has 1 unspecified atom stereocenters. The fourth-order valence-electron chi connectivity index (χ4n) is 1.62. The molecule has 2 rings (SSSR count). The monoisotopic (exact) mass is 254 g/mol. The highest BCUT2D eigenvalue weighted by molar-refractivity contribution is 5.42. The van der Waals surface area contributed by atoms with E-state index in [1.165, 1.54) is 0 Å². The lowest BCUT2D eigenvalue weighted by atomic mass is 10.4. The van der Waals surface area contributed by atoms with Crippen molar-refractivity contribution in [3.63, 3.8) is 0 Å². The number of nitrogens with zero attached hydrogens (tertiary/aromatic N) is 4. The van der Waals surface area contributed by atoms with E-state index in [9.17, 15) is 0 Å². The highest BCUT2D eigenvalue weighted by Crippen LogP contribution is 2.13. The van der Waals surface area contributed by atoms with Crippen LogP contribution in [0.1, 0.15) is 6.92 Å². The van der Waals surface area contributed by atoms with Crippen LogP contribution >= 0.6 is 0 Å². The molecule has 0 aliphatic carbocycles. The minimum absolute atomic E-state index is 0.00151. The summed E-state index contributed by atoms with van der Waals surface area (Å²) < 4.78 is 5.27. The minimum Gasteiger partial charge on any atom is -0.394 e. The largest absolute Gasteiger partial charge is 0.394 e. The molecule has 0 amide bonds. The summed E-state index contributed by atoms with van der Waals surface area (Å²) in [6.45, 7) is 4.60. The number of aliphatic hydroxyl groups excluding tert-OH is 1. The van der Waals surface area contributed by atoms with Gasteiger partial charge < -0.3 is 25.8 Å². The molecular formula is C10H18N6O2. The first-order chi connectivity index (χ1) is 8.69. The summed E-state index contributed by atoms with van der Waals surface area (Å²) in [5.41, 5.74) is 5.66.